The number of halogens is 4. The first-order valence-electron chi connectivity index (χ1n) is 12.2. The maximum absolute atomic E-state index is 13.2. The average molecular weight is 574 g/mol. The minimum atomic E-state index is -4.63. The van der Waals surface area contributed by atoms with Gasteiger partial charge in [-0.3, -0.25) is 0 Å². The van der Waals surface area contributed by atoms with Gasteiger partial charge in [-0.2, -0.15) is 14.9 Å². The van der Waals surface area contributed by atoms with E-state index >= 15 is 0 Å². The lowest BCUT2D eigenvalue weighted by atomic mass is 10.1. The van der Waals surface area contributed by atoms with Crippen molar-refractivity contribution in [3.8, 4) is 29.1 Å². The Morgan fingerprint density at radius 3 is 2.58 bits per heavy atom. The van der Waals surface area contributed by atoms with Crippen molar-refractivity contribution in [3.63, 3.8) is 0 Å². The first kappa shape index (κ1) is 28.7. The molecule has 0 bridgehead atoms. The zero-order valence-electron chi connectivity index (χ0n) is 22.4. The highest BCUT2D eigenvalue weighted by molar-refractivity contribution is 6.29. The second-order valence-corrected chi connectivity index (χ2v) is 9.45. The Morgan fingerprint density at radius 2 is 1.90 bits per heavy atom. The molecule has 0 aromatic carbocycles. The number of ether oxygens (including phenoxy) is 1. The monoisotopic (exact) mass is 573 g/mol. The van der Waals surface area contributed by atoms with Crippen molar-refractivity contribution in [1.29, 1.82) is 0 Å². The van der Waals surface area contributed by atoms with Crippen LogP contribution >= 0.6 is 11.6 Å². The van der Waals surface area contributed by atoms with Crippen LogP contribution in [-0.4, -0.2) is 47.2 Å². The molecule has 0 aliphatic heterocycles. The highest BCUT2D eigenvalue weighted by atomic mass is 35.5. The van der Waals surface area contributed by atoms with Gasteiger partial charge in [0.15, 0.2) is 5.82 Å². The van der Waals surface area contributed by atoms with Crippen LogP contribution < -0.4 is 15.8 Å². The van der Waals surface area contributed by atoms with E-state index in [4.69, 9.17) is 22.1 Å². The minimum absolute atomic E-state index is 0.0149. The van der Waals surface area contributed by atoms with Crippen LogP contribution in [0.3, 0.4) is 0 Å². The van der Waals surface area contributed by atoms with Gasteiger partial charge in [-0.25, -0.2) is 19.6 Å². The Morgan fingerprint density at radius 1 is 1.15 bits per heavy atom. The smallest absolute Gasteiger partial charge is 0.474 e. The number of alkyl halides is 3. The van der Waals surface area contributed by atoms with Gasteiger partial charge in [0.2, 0.25) is 5.88 Å². The number of anilines is 2. The molecule has 4 aromatic heterocycles. The second-order valence-electron chi connectivity index (χ2n) is 9.07. The third-order valence-corrected chi connectivity index (χ3v) is 6.18. The largest absolute Gasteiger partial charge is 0.504 e. The topological polar surface area (TPSA) is 122 Å². The number of rotatable bonds is 7. The number of pyridine rings is 1. The molecular formula is C26H27ClF3N9O. The molecule has 0 saturated carbocycles. The van der Waals surface area contributed by atoms with E-state index in [1.807, 2.05) is 13.8 Å². The molecule has 4 aromatic rings. The molecule has 10 nitrogen and oxygen atoms in total. The summed E-state index contributed by atoms with van der Waals surface area (Å²) in [6.45, 7) is 7.03. The van der Waals surface area contributed by atoms with Gasteiger partial charge in [0, 0.05) is 32.4 Å². The molecule has 4 rings (SSSR count). The van der Waals surface area contributed by atoms with Crippen molar-refractivity contribution in [2.45, 2.75) is 46.5 Å². The van der Waals surface area contributed by atoms with Gasteiger partial charge < -0.3 is 15.8 Å². The Hall–Kier alpha value is -4.31. The van der Waals surface area contributed by atoms with Crippen molar-refractivity contribution in [2.24, 2.45) is 7.05 Å². The van der Waals surface area contributed by atoms with Crippen LogP contribution in [0.4, 0.5) is 24.7 Å². The first-order valence-corrected chi connectivity index (χ1v) is 12.6. The van der Waals surface area contributed by atoms with E-state index in [9.17, 15) is 13.2 Å². The molecule has 1 atom stereocenters. The van der Waals surface area contributed by atoms with E-state index in [2.05, 4.69) is 42.3 Å². The van der Waals surface area contributed by atoms with Crippen LogP contribution in [0.15, 0.2) is 24.5 Å². The first-order chi connectivity index (χ1) is 18.8. The number of aryl methyl sites for hydroxylation is 3. The summed E-state index contributed by atoms with van der Waals surface area (Å²) < 4.78 is 47.4. The number of nitrogens with two attached hydrogens (primary N) is 1. The highest BCUT2D eigenvalue weighted by Gasteiger charge is 2.34. The Bertz CT molecular complexity index is 1600. The summed E-state index contributed by atoms with van der Waals surface area (Å²) in [6, 6.07) is 3.21. The van der Waals surface area contributed by atoms with Crippen LogP contribution in [0, 0.1) is 32.6 Å². The lowest BCUT2D eigenvalue weighted by Crippen LogP contribution is -2.19. The fraction of sp³-hybridized carbons (Fsp3) is 0.346. The summed E-state index contributed by atoms with van der Waals surface area (Å²) >= 11 is 6.10. The van der Waals surface area contributed by atoms with E-state index in [0.29, 0.717) is 53.0 Å². The lowest BCUT2D eigenvalue weighted by molar-refractivity contribution is -0.213. The van der Waals surface area contributed by atoms with E-state index in [1.54, 1.807) is 30.1 Å². The third-order valence-electron chi connectivity index (χ3n) is 5.97. The molecule has 0 aliphatic rings. The summed E-state index contributed by atoms with van der Waals surface area (Å²) in [6.07, 6.45) is -1.25. The van der Waals surface area contributed by atoms with E-state index < -0.39 is 6.30 Å². The van der Waals surface area contributed by atoms with E-state index in [1.165, 1.54) is 20.0 Å². The normalized spacial score (nSPS) is 12.1. The number of hydrogen-bond donors (Lipinski definition) is 2. The zero-order chi connectivity index (χ0) is 29.2. The van der Waals surface area contributed by atoms with Crippen LogP contribution in [0.2, 0.25) is 5.15 Å². The number of nitrogen functional groups attached to an aromatic ring is 1. The molecule has 40 heavy (non-hydrogen) atoms. The van der Waals surface area contributed by atoms with Gasteiger partial charge >= 0.3 is 6.30 Å². The number of aromatic nitrogens is 7. The SMILES string of the molecule is Cc1nn(C(F)(F)F)c(C)c1C#Cc1cnc(Cl)cc1NCC[C@H](C)Oc1c(-c2nccc(N)n2)c(C)nn1C. The van der Waals surface area contributed by atoms with Crippen molar-refractivity contribution in [3.05, 3.63) is 57.9 Å². The van der Waals surface area contributed by atoms with E-state index in [-0.39, 0.29) is 32.9 Å². The predicted molar refractivity (Wildman–Crippen MR) is 145 cm³/mol. The lowest BCUT2D eigenvalue weighted by Gasteiger charge is -2.17. The quantitative estimate of drug-likeness (QED) is 0.239. The molecule has 0 aliphatic carbocycles. The second kappa shape index (κ2) is 11.4. The van der Waals surface area contributed by atoms with Crippen molar-refractivity contribution in [1.82, 2.24) is 34.5 Å². The Balaban J connectivity index is 1.48. The summed E-state index contributed by atoms with van der Waals surface area (Å²) in [4.78, 5) is 12.7. The molecule has 0 radical (unpaired) electrons. The van der Waals surface area contributed by atoms with Crippen LogP contribution in [-0.2, 0) is 13.3 Å². The fourth-order valence-corrected chi connectivity index (χ4v) is 4.22. The van der Waals surface area contributed by atoms with Gasteiger partial charge in [0.25, 0.3) is 0 Å². The summed E-state index contributed by atoms with van der Waals surface area (Å²) in [5, 5.41) is 11.5. The van der Waals surface area contributed by atoms with Crippen LogP contribution in [0.1, 0.15) is 41.6 Å². The number of hydrogen-bond acceptors (Lipinski definition) is 8. The maximum atomic E-state index is 13.2. The molecular weight excluding hydrogens is 547 g/mol. The van der Waals surface area contributed by atoms with E-state index in [0.717, 1.165) is 0 Å². The highest BCUT2D eigenvalue weighted by Crippen LogP contribution is 2.32. The molecule has 0 saturated heterocycles. The minimum Gasteiger partial charge on any atom is -0.474 e. The third kappa shape index (κ3) is 6.28. The Labute approximate surface area is 233 Å². The zero-order valence-corrected chi connectivity index (χ0v) is 23.2. The molecule has 14 heteroatoms. The number of nitrogens with one attached hydrogen (secondary N) is 1. The Kier molecular flexibility index (Phi) is 8.20. The fourth-order valence-electron chi connectivity index (χ4n) is 4.06. The number of nitrogens with zero attached hydrogens (tertiary/aromatic N) is 7. The van der Waals surface area contributed by atoms with Crippen LogP contribution in [0.5, 0.6) is 5.88 Å². The molecule has 0 fully saturated rings. The van der Waals surface area contributed by atoms with Gasteiger partial charge in [-0.1, -0.05) is 23.4 Å². The van der Waals surface area contributed by atoms with Crippen molar-refractivity contribution in [2.75, 3.05) is 17.6 Å². The summed E-state index contributed by atoms with van der Waals surface area (Å²) in [5.74, 6) is 6.98. The van der Waals surface area contributed by atoms with Crippen molar-refractivity contribution >= 4 is 23.1 Å². The van der Waals surface area contributed by atoms with Gasteiger partial charge in [-0.15, -0.1) is 13.2 Å². The van der Waals surface area contributed by atoms with Gasteiger partial charge in [0.05, 0.1) is 40.0 Å². The summed E-state index contributed by atoms with van der Waals surface area (Å²) in [7, 11) is 1.77. The van der Waals surface area contributed by atoms with Crippen LogP contribution in [0.25, 0.3) is 11.4 Å². The van der Waals surface area contributed by atoms with Gasteiger partial charge in [-0.05, 0) is 39.8 Å². The molecule has 210 valence electrons. The predicted octanol–water partition coefficient (Wildman–Crippen LogP) is 4.78. The molecule has 4 heterocycles. The van der Waals surface area contributed by atoms with Gasteiger partial charge in [0.1, 0.15) is 16.5 Å². The average Bonchev–Trinajstić information content (AvgIpc) is 3.32. The van der Waals surface area contributed by atoms with Crippen molar-refractivity contribution < 1.29 is 17.9 Å². The maximum Gasteiger partial charge on any atom is 0.504 e. The molecule has 3 N–H and O–H groups in total. The standard InChI is InChI=1S/C26H27ClF3N9O/c1-14(40-25-23(16(3)36-38(25)5)24-33-11-9-22(31)35-24)8-10-32-20-12-21(27)34-13-18(20)6-7-19-15(2)37-39(17(19)4)26(28,29)30/h9,11-14H,8,10H2,1-5H3,(H,32,34)(H2,31,33,35)/t14-/m0/s1. The summed E-state index contributed by atoms with van der Waals surface area (Å²) in [5.41, 5.74) is 8.55. The molecule has 0 unspecified atom stereocenters. The molecule has 0 spiro atoms. The molecule has 0 amide bonds.